The quantitative estimate of drug-likeness (QED) is 0.314. The summed E-state index contributed by atoms with van der Waals surface area (Å²) in [5, 5.41) is 5.29. The molecule has 32 heavy (non-hydrogen) atoms. The van der Waals surface area contributed by atoms with E-state index in [9.17, 15) is 9.59 Å². The van der Waals surface area contributed by atoms with E-state index < -0.39 is 0 Å². The van der Waals surface area contributed by atoms with Crippen LogP contribution in [0.2, 0.25) is 0 Å². The van der Waals surface area contributed by atoms with Gasteiger partial charge < -0.3 is 10.1 Å². The summed E-state index contributed by atoms with van der Waals surface area (Å²) < 4.78 is 6.15. The van der Waals surface area contributed by atoms with Crippen LogP contribution >= 0.6 is 34.4 Å². The van der Waals surface area contributed by atoms with Crippen molar-refractivity contribution in [2.75, 3.05) is 11.9 Å². The number of carbonyl (C=O) groups is 2. The van der Waals surface area contributed by atoms with E-state index in [0.717, 1.165) is 40.4 Å². The van der Waals surface area contributed by atoms with Crippen molar-refractivity contribution in [2.45, 2.75) is 49.6 Å². The second-order valence-corrected chi connectivity index (χ2v) is 11.4. The lowest BCUT2D eigenvalue weighted by molar-refractivity contribution is -0.115. The molecular formula is C24H26N2O3S3. The Labute approximate surface area is 200 Å². The molecule has 2 atom stereocenters. The highest BCUT2D eigenvalue weighted by molar-refractivity contribution is 8.02. The summed E-state index contributed by atoms with van der Waals surface area (Å²) in [6.45, 7) is 6.20. The fraction of sp³-hybridized carbons (Fsp3) is 0.375. The molecule has 4 rings (SSSR count). The van der Waals surface area contributed by atoms with Crippen LogP contribution in [0.15, 0.2) is 40.1 Å². The number of nitrogens with one attached hydrogen (secondary N) is 1. The third-order valence-corrected chi connectivity index (χ3v) is 8.67. The Morgan fingerprint density at radius 1 is 1.31 bits per heavy atom. The lowest BCUT2D eigenvalue weighted by Gasteiger charge is -2.18. The second kappa shape index (κ2) is 10.2. The summed E-state index contributed by atoms with van der Waals surface area (Å²) in [6.07, 6.45) is 2.83. The Morgan fingerprint density at radius 3 is 2.84 bits per heavy atom. The Morgan fingerprint density at radius 2 is 2.09 bits per heavy atom. The number of nitrogens with zero attached hydrogens (tertiary/aromatic N) is 1. The average molecular weight is 487 g/mol. The summed E-state index contributed by atoms with van der Waals surface area (Å²) in [4.78, 5) is 31.5. The Bertz CT molecular complexity index is 1110. The Kier molecular flexibility index (Phi) is 7.33. The number of aromatic nitrogens is 1. The number of fused-ring (bicyclic) bond motifs is 1. The molecular weight excluding hydrogens is 460 g/mol. The van der Waals surface area contributed by atoms with Crippen LogP contribution in [0.3, 0.4) is 0 Å². The van der Waals surface area contributed by atoms with Gasteiger partial charge in [-0.3, -0.25) is 4.79 Å². The van der Waals surface area contributed by atoms with Crippen molar-refractivity contribution in [2.24, 2.45) is 5.92 Å². The highest BCUT2D eigenvalue weighted by Crippen LogP contribution is 2.40. The third-order valence-electron chi connectivity index (χ3n) is 5.43. The maximum Gasteiger partial charge on any atom is 0.341 e. The molecule has 5 nitrogen and oxygen atoms in total. The zero-order chi connectivity index (χ0) is 22.7. The van der Waals surface area contributed by atoms with E-state index in [2.05, 4.69) is 17.2 Å². The molecule has 168 valence electrons. The highest BCUT2D eigenvalue weighted by Gasteiger charge is 2.30. The molecule has 1 aromatic carbocycles. The predicted octanol–water partition coefficient (Wildman–Crippen LogP) is 6.29. The molecule has 1 amide bonds. The minimum absolute atomic E-state index is 0.136. The third kappa shape index (κ3) is 5.08. The molecule has 2 unspecified atom stereocenters. The number of thiazole rings is 1. The summed E-state index contributed by atoms with van der Waals surface area (Å²) in [6, 6.07) is 10.00. The van der Waals surface area contributed by atoms with E-state index in [0.29, 0.717) is 23.1 Å². The number of esters is 1. The molecule has 0 fully saturated rings. The minimum Gasteiger partial charge on any atom is -0.462 e. The van der Waals surface area contributed by atoms with E-state index >= 15 is 0 Å². The number of carbonyl (C=O) groups excluding carboxylic acids is 2. The van der Waals surface area contributed by atoms with E-state index in [1.807, 2.05) is 42.6 Å². The standard InChI is InChI=1S/C24H26N2O3S3/c1-4-29-23(28)20-17-11-10-14(2)12-19(17)32-22(20)26-21(27)15(3)31-24-25-18(13-30-24)16-8-6-5-7-9-16/h5-9,13-15H,4,10-12H2,1-3H3,(H,26,27). The van der Waals surface area contributed by atoms with Crippen LogP contribution in [0.5, 0.6) is 0 Å². The van der Waals surface area contributed by atoms with Crippen LogP contribution in [-0.2, 0) is 22.4 Å². The Balaban J connectivity index is 1.49. The molecule has 0 aliphatic heterocycles. The number of amides is 1. The van der Waals surface area contributed by atoms with Crippen LogP contribution in [0.4, 0.5) is 5.00 Å². The summed E-state index contributed by atoms with van der Waals surface area (Å²) in [7, 11) is 0. The molecule has 0 radical (unpaired) electrons. The smallest absolute Gasteiger partial charge is 0.341 e. The van der Waals surface area contributed by atoms with Gasteiger partial charge in [0.15, 0.2) is 4.34 Å². The van der Waals surface area contributed by atoms with Gasteiger partial charge in [-0.15, -0.1) is 22.7 Å². The first-order valence-electron chi connectivity index (χ1n) is 10.8. The summed E-state index contributed by atoms with van der Waals surface area (Å²) >= 11 is 4.48. The van der Waals surface area contributed by atoms with Crippen LogP contribution < -0.4 is 5.32 Å². The first-order chi connectivity index (χ1) is 15.5. The first-order valence-corrected chi connectivity index (χ1v) is 13.3. The molecule has 0 spiro atoms. The molecule has 2 heterocycles. The van der Waals surface area contributed by atoms with Crippen LogP contribution in [0.25, 0.3) is 11.3 Å². The van der Waals surface area contributed by atoms with Gasteiger partial charge in [-0.1, -0.05) is 49.0 Å². The van der Waals surface area contributed by atoms with Gasteiger partial charge in [0, 0.05) is 15.8 Å². The summed E-state index contributed by atoms with van der Waals surface area (Å²) in [5.74, 6) is 0.101. The monoisotopic (exact) mass is 486 g/mol. The van der Waals surface area contributed by atoms with Gasteiger partial charge in [-0.05, 0) is 44.6 Å². The molecule has 8 heteroatoms. The number of anilines is 1. The van der Waals surface area contributed by atoms with Gasteiger partial charge in [-0.2, -0.15) is 0 Å². The lowest BCUT2D eigenvalue weighted by atomic mass is 9.88. The zero-order valence-electron chi connectivity index (χ0n) is 18.3. The Hall–Kier alpha value is -2.16. The van der Waals surface area contributed by atoms with Crippen molar-refractivity contribution in [1.29, 1.82) is 0 Å². The minimum atomic E-state index is -0.349. The number of benzene rings is 1. The molecule has 1 aliphatic carbocycles. The first kappa shape index (κ1) is 23.0. The SMILES string of the molecule is CCOC(=O)c1c(NC(=O)C(C)Sc2nc(-c3ccccc3)cs2)sc2c1CCC(C)C2. The number of thiophene rings is 1. The lowest BCUT2D eigenvalue weighted by Crippen LogP contribution is -2.23. The number of hydrogen-bond donors (Lipinski definition) is 1. The van der Waals surface area contributed by atoms with Gasteiger partial charge in [0.05, 0.1) is 23.1 Å². The fourth-order valence-electron chi connectivity index (χ4n) is 3.73. The normalized spacial score (nSPS) is 16.3. The van der Waals surface area contributed by atoms with Gasteiger partial charge in [0.25, 0.3) is 0 Å². The maximum absolute atomic E-state index is 13.0. The van der Waals surface area contributed by atoms with E-state index in [1.54, 1.807) is 6.92 Å². The number of thioether (sulfide) groups is 1. The van der Waals surface area contributed by atoms with Gasteiger partial charge in [0.1, 0.15) is 5.00 Å². The van der Waals surface area contributed by atoms with Crippen molar-refractivity contribution in [1.82, 2.24) is 4.98 Å². The van der Waals surface area contributed by atoms with Crippen molar-refractivity contribution in [3.05, 3.63) is 51.7 Å². The van der Waals surface area contributed by atoms with E-state index in [1.165, 1.54) is 39.3 Å². The van der Waals surface area contributed by atoms with Crippen molar-refractivity contribution >= 4 is 51.3 Å². The highest BCUT2D eigenvalue weighted by atomic mass is 32.2. The maximum atomic E-state index is 13.0. The van der Waals surface area contributed by atoms with Gasteiger partial charge in [-0.25, -0.2) is 9.78 Å². The molecule has 1 N–H and O–H groups in total. The van der Waals surface area contributed by atoms with Gasteiger partial charge in [0.2, 0.25) is 5.91 Å². The molecule has 0 saturated heterocycles. The molecule has 3 aromatic rings. The van der Waals surface area contributed by atoms with E-state index in [4.69, 9.17) is 4.74 Å². The average Bonchev–Trinajstić information content (AvgIpc) is 3.38. The van der Waals surface area contributed by atoms with Crippen molar-refractivity contribution < 1.29 is 14.3 Å². The topological polar surface area (TPSA) is 68.3 Å². The predicted molar refractivity (Wildman–Crippen MR) is 133 cm³/mol. The van der Waals surface area contributed by atoms with Crippen molar-refractivity contribution in [3.63, 3.8) is 0 Å². The largest absolute Gasteiger partial charge is 0.462 e. The molecule has 1 aliphatic rings. The van der Waals surface area contributed by atoms with Crippen LogP contribution in [0, 0.1) is 5.92 Å². The van der Waals surface area contributed by atoms with Gasteiger partial charge >= 0.3 is 5.97 Å². The summed E-state index contributed by atoms with van der Waals surface area (Å²) in [5.41, 5.74) is 3.57. The molecule has 2 aromatic heterocycles. The van der Waals surface area contributed by atoms with Crippen LogP contribution in [-0.4, -0.2) is 28.7 Å². The zero-order valence-corrected chi connectivity index (χ0v) is 20.8. The number of rotatable bonds is 7. The molecule has 0 saturated carbocycles. The number of hydrogen-bond acceptors (Lipinski definition) is 7. The number of ether oxygens (including phenoxy) is 1. The van der Waals surface area contributed by atoms with E-state index in [-0.39, 0.29) is 17.1 Å². The van der Waals surface area contributed by atoms with Crippen LogP contribution in [0.1, 0.15) is 48.0 Å². The second-order valence-electron chi connectivity index (χ2n) is 7.89. The van der Waals surface area contributed by atoms with Crippen molar-refractivity contribution in [3.8, 4) is 11.3 Å². The molecule has 0 bridgehead atoms. The fourth-order valence-corrected chi connectivity index (χ4v) is 7.10.